The molecule has 0 bridgehead atoms. The minimum Gasteiger partial charge on any atom is -0.495 e. The van der Waals surface area contributed by atoms with Crippen molar-refractivity contribution < 1.29 is 4.74 Å². The van der Waals surface area contributed by atoms with E-state index in [2.05, 4.69) is 0 Å². The Hall–Kier alpha value is -0.930. The molecule has 0 saturated heterocycles. The number of hydrogen-bond acceptors (Lipinski definition) is 3. The molecule has 4 heteroatoms. The Kier molecular flexibility index (Phi) is 2.52. The van der Waals surface area contributed by atoms with Crippen molar-refractivity contribution in [1.29, 1.82) is 0 Å². The number of halogens is 1. The van der Waals surface area contributed by atoms with Crippen LogP contribution in [0.15, 0.2) is 17.5 Å². The standard InChI is InChI=1S/C10H10ClNOS/c1-13-8-3-2-7(12)9-6(4-11)5-14-10(8)9/h2-3,5H,4,12H2,1H3. The van der Waals surface area contributed by atoms with Gasteiger partial charge in [0, 0.05) is 17.0 Å². The second kappa shape index (κ2) is 3.67. The summed E-state index contributed by atoms with van der Waals surface area (Å²) >= 11 is 7.44. The van der Waals surface area contributed by atoms with E-state index in [1.165, 1.54) is 0 Å². The molecule has 2 aromatic rings. The molecular weight excluding hydrogens is 218 g/mol. The monoisotopic (exact) mass is 227 g/mol. The van der Waals surface area contributed by atoms with Gasteiger partial charge in [-0.15, -0.1) is 22.9 Å². The van der Waals surface area contributed by atoms with E-state index in [0.29, 0.717) is 5.88 Å². The molecule has 0 saturated carbocycles. The van der Waals surface area contributed by atoms with Crippen LogP contribution in [-0.2, 0) is 5.88 Å². The van der Waals surface area contributed by atoms with Crippen molar-refractivity contribution in [2.75, 3.05) is 12.8 Å². The summed E-state index contributed by atoms with van der Waals surface area (Å²) in [6.45, 7) is 0. The van der Waals surface area contributed by atoms with Gasteiger partial charge in [0.25, 0.3) is 0 Å². The first-order valence-corrected chi connectivity index (χ1v) is 5.58. The predicted octanol–water partition coefficient (Wildman–Crippen LogP) is 3.23. The highest BCUT2D eigenvalue weighted by Crippen LogP contribution is 2.37. The summed E-state index contributed by atoms with van der Waals surface area (Å²) in [4.78, 5) is 0. The third-order valence-electron chi connectivity index (χ3n) is 2.16. The first-order chi connectivity index (χ1) is 6.77. The maximum Gasteiger partial charge on any atom is 0.136 e. The molecule has 2 rings (SSSR count). The van der Waals surface area contributed by atoms with Gasteiger partial charge in [-0.05, 0) is 23.1 Å². The molecule has 1 aromatic heterocycles. The lowest BCUT2D eigenvalue weighted by Crippen LogP contribution is -1.89. The minimum absolute atomic E-state index is 0.483. The number of nitrogens with two attached hydrogens (primary N) is 1. The molecule has 0 aliphatic rings. The lowest BCUT2D eigenvalue weighted by atomic mass is 10.1. The Balaban J connectivity index is 2.80. The molecule has 0 aliphatic heterocycles. The SMILES string of the molecule is COc1ccc(N)c2c(CCl)csc12. The fourth-order valence-corrected chi connectivity index (χ4v) is 2.87. The molecule has 0 atom stereocenters. The van der Waals surface area contributed by atoms with Crippen LogP contribution in [0.1, 0.15) is 5.56 Å². The summed E-state index contributed by atoms with van der Waals surface area (Å²) in [6, 6.07) is 3.73. The van der Waals surface area contributed by atoms with Gasteiger partial charge in [-0.1, -0.05) is 0 Å². The van der Waals surface area contributed by atoms with Crippen LogP contribution in [0, 0.1) is 0 Å². The van der Waals surface area contributed by atoms with E-state index in [1.54, 1.807) is 18.4 Å². The first kappa shape index (κ1) is 9.62. The van der Waals surface area contributed by atoms with E-state index in [0.717, 1.165) is 27.1 Å². The van der Waals surface area contributed by atoms with Crippen molar-refractivity contribution in [2.24, 2.45) is 0 Å². The highest BCUT2D eigenvalue weighted by molar-refractivity contribution is 7.18. The number of ether oxygens (including phenoxy) is 1. The Bertz CT molecular complexity index is 466. The Morgan fingerprint density at radius 2 is 2.29 bits per heavy atom. The third kappa shape index (κ3) is 1.33. The van der Waals surface area contributed by atoms with Crippen molar-refractivity contribution in [3.63, 3.8) is 0 Å². The molecule has 14 heavy (non-hydrogen) atoms. The predicted molar refractivity (Wildman–Crippen MR) is 62.3 cm³/mol. The van der Waals surface area contributed by atoms with Gasteiger partial charge in [-0.25, -0.2) is 0 Å². The number of nitrogen functional groups attached to an aromatic ring is 1. The third-order valence-corrected chi connectivity index (χ3v) is 3.49. The van der Waals surface area contributed by atoms with Crippen LogP contribution in [-0.4, -0.2) is 7.11 Å². The van der Waals surface area contributed by atoms with Crippen molar-refractivity contribution in [2.45, 2.75) is 5.88 Å². The second-order valence-electron chi connectivity index (χ2n) is 2.96. The van der Waals surface area contributed by atoms with Gasteiger partial charge < -0.3 is 10.5 Å². The molecule has 0 aliphatic carbocycles. The van der Waals surface area contributed by atoms with Crippen molar-refractivity contribution in [1.82, 2.24) is 0 Å². The quantitative estimate of drug-likeness (QED) is 0.632. The summed E-state index contributed by atoms with van der Waals surface area (Å²) in [5.41, 5.74) is 7.73. The maximum atomic E-state index is 5.89. The van der Waals surface area contributed by atoms with Gasteiger partial charge in [0.1, 0.15) is 5.75 Å². The van der Waals surface area contributed by atoms with Crippen molar-refractivity contribution >= 4 is 38.7 Å². The van der Waals surface area contributed by atoms with E-state index < -0.39 is 0 Å². The van der Waals surface area contributed by atoms with Gasteiger partial charge in [0.15, 0.2) is 0 Å². The van der Waals surface area contributed by atoms with Crippen LogP contribution >= 0.6 is 22.9 Å². The van der Waals surface area contributed by atoms with Gasteiger partial charge in [-0.2, -0.15) is 0 Å². The summed E-state index contributed by atoms with van der Waals surface area (Å²) in [5.74, 6) is 1.34. The molecule has 74 valence electrons. The first-order valence-electron chi connectivity index (χ1n) is 4.16. The normalized spacial score (nSPS) is 10.7. The molecule has 2 N–H and O–H groups in total. The zero-order chi connectivity index (χ0) is 10.1. The Labute approximate surface area is 91.2 Å². The molecule has 1 heterocycles. The highest BCUT2D eigenvalue weighted by atomic mass is 35.5. The summed E-state index contributed by atoms with van der Waals surface area (Å²) in [5, 5.41) is 3.06. The van der Waals surface area contributed by atoms with Crippen LogP contribution in [0.25, 0.3) is 10.1 Å². The summed E-state index contributed by atoms with van der Waals surface area (Å²) < 4.78 is 6.32. The molecule has 0 spiro atoms. The van der Waals surface area contributed by atoms with E-state index in [-0.39, 0.29) is 0 Å². The Morgan fingerprint density at radius 1 is 1.50 bits per heavy atom. The van der Waals surface area contributed by atoms with Crippen molar-refractivity contribution in [3.8, 4) is 5.75 Å². The molecular formula is C10H10ClNOS. The van der Waals surface area contributed by atoms with Gasteiger partial charge in [0.2, 0.25) is 0 Å². The van der Waals surface area contributed by atoms with Crippen LogP contribution in [0.4, 0.5) is 5.69 Å². The molecule has 0 amide bonds. The number of fused-ring (bicyclic) bond motifs is 1. The van der Waals surface area contributed by atoms with Gasteiger partial charge >= 0.3 is 0 Å². The number of methoxy groups -OCH3 is 1. The Morgan fingerprint density at radius 3 is 2.93 bits per heavy atom. The van der Waals surface area contributed by atoms with Crippen LogP contribution < -0.4 is 10.5 Å². The van der Waals surface area contributed by atoms with E-state index >= 15 is 0 Å². The van der Waals surface area contributed by atoms with E-state index in [9.17, 15) is 0 Å². The zero-order valence-corrected chi connectivity index (χ0v) is 9.28. The molecule has 0 fully saturated rings. The van der Waals surface area contributed by atoms with Crippen molar-refractivity contribution in [3.05, 3.63) is 23.1 Å². The highest BCUT2D eigenvalue weighted by Gasteiger charge is 2.10. The van der Waals surface area contributed by atoms with Crippen LogP contribution in [0.5, 0.6) is 5.75 Å². The number of benzene rings is 1. The second-order valence-corrected chi connectivity index (χ2v) is 4.10. The van der Waals surface area contributed by atoms with Gasteiger partial charge in [0.05, 0.1) is 11.8 Å². The fourth-order valence-electron chi connectivity index (χ4n) is 1.48. The molecule has 0 unspecified atom stereocenters. The molecule has 0 radical (unpaired) electrons. The van der Waals surface area contributed by atoms with Crippen LogP contribution in [0.3, 0.4) is 0 Å². The lowest BCUT2D eigenvalue weighted by molar-refractivity contribution is 0.420. The topological polar surface area (TPSA) is 35.2 Å². The summed E-state index contributed by atoms with van der Waals surface area (Å²) in [6.07, 6.45) is 0. The molecule has 2 nitrogen and oxygen atoms in total. The number of thiophene rings is 1. The smallest absolute Gasteiger partial charge is 0.136 e. The maximum absolute atomic E-state index is 5.89. The minimum atomic E-state index is 0.483. The van der Waals surface area contributed by atoms with Gasteiger partial charge in [-0.3, -0.25) is 0 Å². The zero-order valence-electron chi connectivity index (χ0n) is 7.71. The fraction of sp³-hybridized carbons (Fsp3) is 0.200. The lowest BCUT2D eigenvalue weighted by Gasteiger charge is -2.04. The summed E-state index contributed by atoms with van der Waals surface area (Å²) in [7, 11) is 1.66. The number of rotatable bonds is 2. The average Bonchev–Trinajstić information content (AvgIpc) is 2.63. The largest absolute Gasteiger partial charge is 0.495 e. The average molecular weight is 228 g/mol. The van der Waals surface area contributed by atoms with E-state index in [1.807, 2.05) is 17.5 Å². The number of alkyl halides is 1. The molecule has 1 aromatic carbocycles. The number of anilines is 1. The number of hydrogen-bond donors (Lipinski definition) is 1. The van der Waals surface area contributed by atoms with Crippen LogP contribution in [0.2, 0.25) is 0 Å². The van der Waals surface area contributed by atoms with E-state index in [4.69, 9.17) is 22.1 Å².